The van der Waals surface area contributed by atoms with Gasteiger partial charge in [0.05, 0.1) is 11.2 Å². The van der Waals surface area contributed by atoms with Crippen molar-refractivity contribution in [1.29, 1.82) is 0 Å². The van der Waals surface area contributed by atoms with Gasteiger partial charge in [-0.2, -0.15) is 0 Å². The van der Waals surface area contributed by atoms with Crippen molar-refractivity contribution in [3.8, 4) is 0 Å². The van der Waals surface area contributed by atoms with Crippen LogP contribution in [-0.2, 0) is 4.65 Å². The van der Waals surface area contributed by atoms with Crippen LogP contribution in [-0.4, -0.2) is 23.8 Å². The van der Waals surface area contributed by atoms with Crippen molar-refractivity contribution < 1.29 is 14.2 Å². The molecule has 0 saturated carbocycles. The molecule has 3 rings (SSSR count). The van der Waals surface area contributed by atoms with Gasteiger partial charge >= 0.3 is 7.48 Å². The van der Waals surface area contributed by atoms with Crippen LogP contribution in [0.1, 0.15) is 27.7 Å². The van der Waals surface area contributed by atoms with Crippen LogP contribution in [0.3, 0.4) is 0 Å². The van der Waals surface area contributed by atoms with Crippen molar-refractivity contribution in [1.82, 2.24) is 0 Å². The van der Waals surface area contributed by atoms with Crippen molar-refractivity contribution in [3.63, 3.8) is 0 Å². The molecule has 3 nitrogen and oxygen atoms in total. The van der Waals surface area contributed by atoms with Gasteiger partial charge in [0.15, 0.2) is 0 Å². The Bertz CT molecular complexity index is 862. The van der Waals surface area contributed by atoms with E-state index in [9.17, 15) is 5.11 Å². The maximum absolute atomic E-state index is 10.2. The number of hydrogen-bond donors (Lipinski definition) is 1. The number of halogens is 1. The smallest absolute Gasteiger partial charge is 0.334 e. The van der Waals surface area contributed by atoms with E-state index in [2.05, 4.69) is 0 Å². The lowest BCUT2D eigenvalue weighted by atomic mass is 9.82. The Morgan fingerprint density at radius 3 is 2.52 bits per heavy atom. The quantitative estimate of drug-likeness (QED) is 0.734. The second-order valence-corrected chi connectivity index (χ2v) is 7.21. The zero-order valence-corrected chi connectivity index (χ0v) is 14.4. The molecule has 0 aliphatic heterocycles. The largest absolute Gasteiger partial charge is 0.457 e. The summed E-state index contributed by atoms with van der Waals surface area (Å²) in [4.78, 5) is 0. The average Bonchev–Trinajstić information content (AvgIpc) is 2.82. The Balaban J connectivity index is 2.01. The highest BCUT2D eigenvalue weighted by atomic mass is 35.5. The highest BCUT2D eigenvalue weighted by Gasteiger charge is 2.36. The Labute approximate surface area is 141 Å². The normalized spacial score (nSPS) is 13.0. The summed E-state index contributed by atoms with van der Waals surface area (Å²) in [6, 6.07) is 11.4. The second-order valence-electron chi connectivity index (χ2n) is 6.77. The number of fused-ring (bicyclic) bond motifs is 3. The van der Waals surface area contributed by atoms with Gasteiger partial charge < -0.3 is 14.2 Å². The second kappa shape index (κ2) is 5.55. The van der Waals surface area contributed by atoms with Gasteiger partial charge in [0.1, 0.15) is 11.2 Å². The molecular weight excluding hydrogens is 310 g/mol. The van der Waals surface area contributed by atoms with Crippen molar-refractivity contribution >= 4 is 46.5 Å². The van der Waals surface area contributed by atoms with Crippen LogP contribution in [0.5, 0.6) is 0 Å². The molecule has 0 atom stereocenters. The first-order chi connectivity index (χ1) is 10.7. The predicted molar refractivity (Wildman–Crippen MR) is 95.6 cm³/mol. The molecule has 1 N–H and O–H groups in total. The lowest BCUT2D eigenvalue weighted by Crippen LogP contribution is -2.49. The summed E-state index contributed by atoms with van der Waals surface area (Å²) >= 11 is 6.08. The molecule has 0 aliphatic rings. The number of rotatable bonds is 4. The Kier molecular flexibility index (Phi) is 3.95. The maximum atomic E-state index is 10.2. The SMILES string of the molecule is CC(C)(O)C(C)(C)O[B]c1cccc2c1oc1ccc(Cl)cc12. The van der Waals surface area contributed by atoms with E-state index in [0.29, 0.717) is 5.02 Å². The van der Waals surface area contributed by atoms with Gasteiger partial charge in [-0.05, 0) is 51.4 Å². The third-order valence-electron chi connectivity index (χ3n) is 4.44. The molecule has 0 saturated heterocycles. The van der Waals surface area contributed by atoms with E-state index >= 15 is 0 Å². The van der Waals surface area contributed by atoms with Gasteiger partial charge in [-0.3, -0.25) is 0 Å². The van der Waals surface area contributed by atoms with Gasteiger partial charge in [-0.25, -0.2) is 0 Å². The number of hydrogen-bond acceptors (Lipinski definition) is 3. The molecule has 5 heteroatoms. The monoisotopic (exact) mass is 329 g/mol. The molecule has 0 spiro atoms. The average molecular weight is 330 g/mol. The van der Waals surface area contributed by atoms with Crippen LogP contribution in [0.25, 0.3) is 21.9 Å². The number of aliphatic hydroxyl groups is 1. The molecule has 0 amide bonds. The molecule has 3 aromatic rings. The van der Waals surface area contributed by atoms with Gasteiger partial charge in [0.2, 0.25) is 0 Å². The van der Waals surface area contributed by atoms with Crippen LogP contribution >= 0.6 is 11.6 Å². The standard InChI is InChI=1S/C18H19BClO3/c1-17(2,21)18(3,4)23-19-14-7-5-6-12-13-10-11(20)8-9-15(13)22-16(12)14/h5-10,21H,1-4H3. The third-order valence-corrected chi connectivity index (χ3v) is 4.68. The number of furan rings is 1. The first-order valence-corrected chi connectivity index (χ1v) is 7.91. The Morgan fingerprint density at radius 1 is 1.09 bits per heavy atom. The molecule has 2 aromatic carbocycles. The summed E-state index contributed by atoms with van der Waals surface area (Å²) in [6.45, 7) is 7.15. The van der Waals surface area contributed by atoms with Crippen molar-refractivity contribution in [3.05, 3.63) is 41.4 Å². The molecule has 1 radical (unpaired) electrons. The van der Waals surface area contributed by atoms with Gasteiger partial charge in [0, 0.05) is 15.8 Å². The first-order valence-electron chi connectivity index (χ1n) is 7.53. The molecule has 23 heavy (non-hydrogen) atoms. The van der Waals surface area contributed by atoms with E-state index in [1.807, 2.05) is 50.2 Å². The molecular formula is C18H19BClO3. The summed E-state index contributed by atoms with van der Waals surface area (Å²) in [5.41, 5.74) is 0.652. The van der Waals surface area contributed by atoms with Gasteiger partial charge in [-0.1, -0.05) is 29.8 Å². The van der Waals surface area contributed by atoms with Crippen LogP contribution in [0.4, 0.5) is 0 Å². The van der Waals surface area contributed by atoms with Gasteiger partial charge in [0.25, 0.3) is 0 Å². The molecule has 1 aromatic heterocycles. The summed E-state index contributed by atoms with van der Waals surface area (Å²) in [6.07, 6.45) is 0. The summed E-state index contributed by atoms with van der Waals surface area (Å²) in [7, 11) is 1.64. The zero-order chi connectivity index (χ0) is 16.8. The van der Waals surface area contributed by atoms with Crippen molar-refractivity contribution in [2.45, 2.75) is 38.9 Å². The van der Waals surface area contributed by atoms with Crippen LogP contribution in [0.2, 0.25) is 5.02 Å². The zero-order valence-electron chi connectivity index (χ0n) is 13.7. The van der Waals surface area contributed by atoms with E-state index in [4.69, 9.17) is 20.7 Å². The minimum Gasteiger partial charge on any atom is -0.457 e. The number of benzene rings is 2. The summed E-state index contributed by atoms with van der Waals surface area (Å²) in [5, 5.41) is 12.8. The molecule has 119 valence electrons. The fourth-order valence-corrected chi connectivity index (χ4v) is 2.41. The molecule has 1 heterocycles. The molecule has 0 aliphatic carbocycles. The number of para-hydroxylation sites is 1. The van der Waals surface area contributed by atoms with E-state index < -0.39 is 11.2 Å². The van der Waals surface area contributed by atoms with Crippen LogP contribution < -0.4 is 5.46 Å². The lowest BCUT2D eigenvalue weighted by molar-refractivity contribution is -0.0893. The van der Waals surface area contributed by atoms with Crippen LogP contribution in [0, 0.1) is 0 Å². The van der Waals surface area contributed by atoms with Crippen LogP contribution in [0.15, 0.2) is 40.8 Å². The van der Waals surface area contributed by atoms with Crippen molar-refractivity contribution in [2.75, 3.05) is 0 Å². The first kappa shape index (κ1) is 16.4. The van der Waals surface area contributed by atoms with E-state index in [-0.39, 0.29) is 0 Å². The topological polar surface area (TPSA) is 42.6 Å². The van der Waals surface area contributed by atoms with Crippen molar-refractivity contribution in [2.24, 2.45) is 0 Å². The lowest BCUT2D eigenvalue weighted by Gasteiger charge is -2.37. The van der Waals surface area contributed by atoms with E-state index in [0.717, 1.165) is 27.4 Å². The van der Waals surface area contributed by atoms with E-state index in [1.165, 1.54) is 0 Å². The minimum absolute atomic E-state index is 0.675. The summed E-state index contributed by atoms with van der Waals surface area (Å²) < 4.78 is 11.8. The highest BCUT2D eigenvalue weighted by molar-refractivity contribution is 6.51. The highest BCUT2D eigenvalue weighted by Crippen LogP contribution is 2.30. The molecule has 0 bridgehead atoms. The Hall–Kier alpha value is -1.49. The third kappa shape index (κ3) is 2.99. The van der Waals surface area contributed by atoms with Gasteiger partial charge in [-0.15, -0.1) is 0 Å². The van der Waals surface area contributed by atoms with E-state index in [1.54, 1.807) is 21.3 Å². The minimum atomic E-state index is -0.973. The fraction of sp³-hybridized carbons (Fsp3) is 0.333. The molecule has 0 fully saturated rings. The summed E-state index contributed by atoms with van der Waals surface area (Å²) in [5.74, 6) is 0. The fourth-order valence-electron chi connectivity index (χ4n) is 2.24. The predicted octanol–water partition coefficient (Wildman–Crippen LogP) is 4.05. The molecule has 0 unspecified atom stereocenters. The maximum Gasteiger partial charge on any atom is 0.334 e. The Morgan fingerprint density at radius 2 is 1.83 bits per heavy atom.